The molecule has 5 rings (SSSR count). The molecule has 2 unspecified atom stereocenters. The highest BCUT2D eigenvalue weighted by molar-refractivity contribution is 6.05. The van der Waals surface area contributed by atoms with E-state index in [1.165, 1.54) is 32.1 Å². The van der Waals surface area contributed by atoms with Crippen molar-refractivity contribution in [2.24, 2.45) is 0 Å². The van der Waals surface area contributed by atoms with Gasteiger partial charge in [0.05, 0.1) is 11.6 Å². The van der Waals surface area contributed by atoms with Crippen molar-refractivity contribution in [1.82, 2.24) is 24.9 Å². The van der Waals surface area contributed by atoms with Crippen molar-refractivity contribution in [3.8, 4) is 0 Å². The Balaban J connectivity index is 1.20. The zero-order valence-corrected chi connectivity index (χ0v) is 20.1. The summed E-state index contributed by atoms with van der Waals surface area (Å²) in [4.78, 5) is 18.2. The van der Waals surface area contributed by atoms with Crippen LogP contribution in [0, 0.1) is 0 Å². The van der Waals surface area contributed by atoms with Crippen LogP contribution < -0.4 is 5.32 Å². The van der Waals surface area contributed by atoms with E-state index in [4.69, 9.17) is 0 Å². The first-order valence-corrected chi connectivity index (χ1v) is 12.9. The molecule has 2 bridgehead atoms. The van der Waals surface area contributed by atoms with Gasteiger partial charge < -0.3 is 15.3 Å². The maximum absolute atomic E-state index is 13.2. The maximum atomic E-state index is 13.2. The molecule has 2 aromatic rings. The van der Waals surface area contributed by atoms with Crippen LogP contribution in [0.3, 0.4) is 0 Å². The molecule has 3 saturated heterocycles. The average Bonchev–Trinajstić information content (AvgIpc) is 3.29. The van der Waals surface area contributed by atoms with Gasteiger partial charge in [0.1, 0.15) is 0 Å². The maximum Gasteiger partial charge on any atom is 0.272 e. The minimum absolute atomic E-state index is 0.0615. The summed E-state index contributed by atoms with van der Waals surface area (Å²) in [5.41, 5.74) is 1.54. The van der Waals surface area contributed by atoms with Crippen molar-refractivity contribution >= 4 is 16.8 Å². The fraction of sp³-hybridized carbons (Fsp3) is 0.692. The number of hydrogen-bond acceptors (Lipinski definition) is 5. The summed E-state index contributed by atoms with van der Waals surface area (Å²) in [6.45, 7) is 7.98. The van der Waals surface area contributed by atoms with Crippen molar-refractivity contribution in [1.29, 1.82) is 0 Å². The van der Waals surface area contributed by atoms with E-state index in [0.29, 0.717) is 17.8 Å². The Hall–Kier alpha value is -1.96. The summed E-state index contributed by atoms with van der Waals surface area (Å²) in [6.07, 6.45) is 7.80. The van der Waals surface area contributed by atoms with E-state index in [0.717, 1.165) is 49.9 Å². The highest BCUT2D eigenvalue weighted by Gasteiger charge is 2.42. The predicted molar refractivity (Wildman–Crippen MR) is 130 cm³/mol. The molecule has 7 heteroatoms. The van der Waals surface area contributed by atoms with Crippen molar-refractivity contribution < 1.29 is 9.90 Å². The lowest BCUT2D eigenvalue weighted by Gasteiger charge is -2.40. The lowest BCUT2D eigenvalue weighted by Crippen LogP contribution is -2.53. The number of rotatable bonds is 7. The number of nitrogens with zero attached hydrogens (tertiary/aromatic N) is 4. The van der Waals surface area contributed by atoms with Crippen LogP contribution in [0.2, 0.25) is 0 Å². The zero-order chi connectivity index (χ0) is 22.9. The van der Waals surface area contributed by atoms with Crippen LogP contribution in [0.1, 0.15) is 75.3 Å². The highest BCUT2D eigenvalue weighted by atomic mass is 16.3. The largest absolute Gasteiger partial charge is 0.390 e. The Kier molecular flexibility index (Phi) is 6.72. The second-order valence-electron chi connectivity index (χ2n) is 10.6. The van der Waals surface area contributed by atoms with Gasteiger partial charge in [0.25, 0.3) is 5.91 Å². The number of hydrogen-bond donors (Lipinski definition) is 2. The van der Waals surface area contributed by atoms with E-state index in [2.05, 4.69) is 34.1 Å². The molecule has 1 amide bonds. The van der Waals surface area contributed by atoms with Gasteiger partial charge in [-0.2, -0.15) is 5.10 Å². The van der Waals surface area contributed by atoms with Crippen LogP contribution in [0.15, 0.2) is 24.3 Å². The van der Waals surface area contributed by atoms with E-state index in [9.17, 15) is 9.90 Å². The third kappa shape index (κ3) is 4.81. The quantitative estimate of drug-likeness (QED) is 0.674. The van der Waals surface area contributed by atoms with Crippen LogP contribution in [0.4, 0.5) is 0 Å². The van der Waals surface area contributed by atoms with Gasteiger partial charge in [-0.05, 0) is 71.5 Å². The van der Waals surface area contributed by atoms with E-state index >= 15 is 0 Å². The molecule has 4 heterocycles. The summed E-state index contributed by atoms with van der Waals surface area (Å²) < 4.78 is 1.94. The Bertz CT molecular complexity index is 953. The van der Waals surface area contributed by atoms with Gasteiger partial charge in [-0.25, -0.2) is 0 Å². The van der Waals surface area contributed by atoms with E-state index in [1.807, 2.05) is 28.9 Å². The van der Waals surface area contributed by atoms with E-state index in [1.54, 1.807) is 0 Å². The number of amides is 1. The molecule has 0 saturated carbocycles. The number of aliphatic hydroxyl groups is 1. The molecule has 0 radical (unpaired) electrons. The minimum Gasteiger partial charge on any atom is -0.390 e. The third-order valence-electron chi connectivity index (χ3n) is 7.88. The first kappa shape index (κ1) is 22.8. The van der Waals surface area contributed by atoms with Crippen molar-refractivity contribution in [2.75, 3.05) is 26.2 Å². The molecule has 1 aromatic carbocycles. The van der Waals surface area contributed by atoms with Crippen LogP contribution >= 0.6 is 0 Å². The first-order chi connectivity index (χ1) is 16.0. The van der Waals surface area contributed by atoms with Gasteiger partial charge in [0.15, 0.2) is 5.69 Å². The Morgan fingerprint density at radius 3 is 2.48 bits per heavy atom. The number of aromatic nitrogens is 2. The molecule has 0 aliphatic carbocycles. The summed E-state index contributed by atoms with van der Waals surface area (Å²) >= 11 is 0. The number of benzene rings is 1. The standard InChI is InChI=1S/C26H39N5O2/c1-18(2)31-24-9-5-4-8-23(24)25(28-31)26(33)27-19-14-20-10-11-21(15-19)30(20)17-22(32)16-29-12-6-3-7-13-29/h4-5,8-9,18-22,32H,3,6-7,10-17H2,1-2H3,(H,27,33)/t19?,20-,21+,22?. The average molecular weight is 454 g/mol. The number of carbonyl (C=O) groups is 1. The molecule has 1 aromatic heterocycles. The van der Waals surface area contributed by atoms with Gasteiger partial charge >= 0.3 is 0 Å². The van der Waals surface area contributed by atoms with Crippen molar-refractivity contribution in [3.05, 3.63) is 30.0 Å². The van der Waals surface area contributed by atoms with E-state index < -0.39 is 0 Å². The van der Waals surface area contributed by atoms with Crippen LogP contribution in [-0.4, -0.2) is 81.0 Å². The fourth-order valence-corrected chi connectivity index (χ4v) is 6.34. The smallest absolute Gasteiger partial charge is 0.272 e. The molecule has 3 aliphatic heterocycles. The molecule has 33 heavy (non-hydrogen) atoms. The number of para-hydroxylation sites is 1. The Morgan fingerprint density at radius 1 is 1.09 bits per heavy atom. The third-order valence-corrected chi connectivity index (χ3v) is 7.88. The minimum atomic E-state index is -0.288. The number of nitrogens with one attached hydrogen (secondary N) is 1. The number of fused-ring (bicyclic) bond motifs is 3. The highest BCUT2D eigenvalue weighted by Crippen LogP contribution is 2.36. The lowest BCUT2D eigenvalue weighted by atomic mass is 9.96. The van der Waals surface area contributed by atoms with Crippen molar-refractivity contribution in [2.45, 2.75) is 89.1 Å². The molecule has 180 valence electrons. The second kappa shape index (κ2) is 9.72. The van der Waals surface area contributed by atoms with Crippen LogP contribution in [0.5, 0.6) is 0 Å². The van der Waals surface area contributed by atoms with Crippen LogP contribution in [0.25, 0.3) is 10.9 Å². The zero-order valence-electron chi connectivity index (χ0n) is 20.1. The molecular formula is C26H39N5O2. The van der Waals surface area contributed by atoms with Gasteiger partial charge in [0.2, 0.25) is 0 Å². The summed E-state index contributed by atoms with van der Waals surface area (Å²) in [5, 5.41) is 19.7. The number of carbonyl (C=O) groups excluding carboxylic acids is 1. The first-order valence-electron chi connectivity index (χ1n) is 12.9. The lowest BCUT2D eigenvalue weighted by molar-refractivity contribution is 0.0297. The SMILES string of the molecule is CC(C)n1nc(C(=O)NC2C[C@H]3CC[C@@H](C2)N3CC(O)CN2CCCCC2)c2ccccc21. The van der Waals surface area contributed by atoms with E-state index in [-0.39, 0.29) is 24.1 Å². The number of β-amino-alcohol motifs (C(OH)–C–C–N with tert-alkyl or cyclic N) is 1. The Labute approximate surface area is 197 Å². The molecule has 4 atom stereocenters. The molecular weight excluding hydrogens is 414 g/mol. The number of piperidine rings is 2. The van der Waals surface area contributed by atoms with Gasteiger partial charge in [-0.15, -0.1) is 0 Å². The van der Waals surface area contributed by atoms with Gasteiger partial charge in [-0.3, -0.25) is 14.4 Å². The van der Waals surface area contributed by atoms with Crippen LogP contribution in [-0.2, 0) is 0 Å². The molecule has 0 spiro atoms. The summed E-state index contributed by atoms with van der Waals surface area (Å²) in [6, 6.07) is 9.28. The topological polar surface area (TPSA) is 73.6 Å². The molecule has 3 fully saturated rings. The monoisotopic (exact) mass is 453 g/mol. The molecule has 2 N–H and O–H groups in total. The molecule has 3 aliphatic rings. The van der Waals surface area contributed by atoms with Gasteiger partial charge in [-0.1, -0.05) is 24.6 Å². The van der Waals surface area contributed by atoms with Crippen molar-refractivity contribution in [3.63, 3.8) is 0 Å². The Morgan fingerprint density at radius 2 is 1.79 bits per heavy atom. The summed E-state index contributed by atoms with van der Waals surface area (Å²) in [5.74, 6) is -0.0615. The number of likely N-dealkylation sites (tertiary alicyclic amines) is 1. The fourth-order valence-electron chi connectivity index (χ4n) is 6.34. The predicted octanol–water partition coefficient (Wildman–Crippen LogP) is 3.19. The number of aliphatic hydroxyl groups excluding tert-OH is 1. The van der Waals surface area contributed by atoms with Gasteiger partial charge in [0, 0.05) is 42.6 Å². The summed E-state index contributed by atoms with van der Waals surface area (Å²) in [7, 11) is 0. The second-order valence-corrected chi connectivity index (χ2v) is 10.6. The molecule has 7 nitrogen and oxygen atoms in total. The normalized spacial score (nSPS) is 27.3.